The molecule has 0 heterocycles. The summed E-state index contributed by atoms with van der Waals surface area (Å²) in [6.45, 7) is 6.79. The maximum absolute atomic E-state index is 6.00. The van der Waals surface area contributed by atoms with Crippen LogP contribution in [0, 0.1) is 0 Å². The molecule has 0 amide bonds. The van der Waals surface area contributed by atoms with E-state index >= 15 is 0 Å². The largest absolute Gasteiger partial charge is 0.374 e. The Bertz CT molecular complexity index is 289. The first kappa shape index (κ1) is 13.2. The Morgan fingerprint density at radius 1 is 1.19 bits per heavy atom. The van der Waals surface area contributed by atoms with E-state index < -0.39 is 0 Å². The Morgan fingerprint density at radius 3 is 2.38 bits per heavy atom. The van der Waals surface area contributed by atoms with Crippen LogP contribution >= 0.6 is 0 Å². The lowest BCUT2D eigenvalue weighted by Crippen LogP contribution is -2.32. The fraction of sp³-hybridized carbons (Fsp3) is 0.571. The van der Waals surface area contributed by atoms with Crippen LogP contribution in [0.25, 0.3) is 0 Å². The molecule has 0 saturated carbocycles. The summed E-state index contributed by atoms with van der Waals surface area (Å²) in [7, 11) is 0. The predicted octanol–water partition coefficient (Wildman–Crippen LogP) is 2.76. The quantitative estimate of drug-likeness (QED) is 0.829. The number of benzene rings is 1. The van der Waals surface area contributed by atoms with Gasteiger partial charge in [0.2, 0.25) is 0 Å². The smallest absolute Gasteiger partial charge is 0.0624 e. The third-order valence-electron chi connectivity index (χ3n) is 2.38. The highest BCUT2D eigenvalue weighted by molar-refractivity contribution is 5.14. The van der Waals surface area contributed by atoms with E-state index in [1.165, 1.54) is 5.56 Å². The van der Waals surface area contributed by atoms with E-state index in [1.54, 1.807) is 0 Å². The molecule has 16 heavy (non-hydrogen) atoms. The van der Waals surface area contributed by atoms with Crippen LogP contribution in [0.2, 0.25) is 0 Å². The van der Waals surface area contributed by atoms with Gasteiger partial charge in [-0.2, -0.15) is 0 Å². The predicted molar refractivity (Wildman–Crippen MR) is 68.4 cm³/mol. The molecule has 90 valence electrons. The molecule has 0 aliphatic rings. The summed E-state index contributed by atoms with van der Waals surface area (Å²) in [6.07, 6.45) is 2.00. The standard InChI is InChI=1S/C14H23NO/c1-14(2,3)16-11-13(15)10-9-12-7-5-4-6-8-12/h4-8,13H,9-11,15H2,1-3H3. The fourth-order valence-electron chi connectivity index (χ4n) is 1.44. The Hall–Kier alpha value is -0.860. The van der Waals surface area contributed by atoms with Crippen LogP contribution in [0.3, 0.4) is 0 Å². The van der Waals surface area contributed by atoms with Gasteiger partial charge in [-0.05, 0) is 39.2 Å². The Labute approximate surface area is 98.8 Å². The number of hydrogen-bond donors (Lipinski definition) is 1. The molecule has 1 aromatic rings. The van der Waals surface area contributed by atoms with Crippen molar-refractivity contribution in [3.8, 4) is 0 Å². The van der Waals surface area contributed by atoms with Crippen molar-refractivity contribution in [1.29, 1.82) is 0 Å². The summed E-state index contributed by atoms with van der Waals surface area (Å²) >= 11 is 0. The van der Waals surface area contributed by atoms with E-state index in [9.17, 15) is 0 Å². The zero-order valence-electron chi connectivity index (χ0n) is 10.6. The van der Waals surface area contributed by atoms with Gasteiger partial charge in [0, 0.05) is 6.04 Å². The monoisotopic (exact) mass is 221 g/mol. The molecule has 0 saturated heterocycles. The second-order valence-electron chi connectivity index (χ2n) is 5.21. The van der Waals surface area contributed by atoms with Gasteiger partial charge < -0.3 is 10.5 Å². The van der Waals surface area contributed by atoms with Crippen molar-refractivity contribution in [2.45, 2.75) is 45.3 Å². The van der Waals surface area contributed by atoms with E-state index in [2.05, 4.69) is 45.0 Å². The van der Waals surface area contributed by atoms with Crippen LogP contribution in [0.1, 0.15) is 32.8 Å². The van der Waals surface area contributed by atoms with Gasteiger partial charge in [-0.3, -0.25) is 0 Å². The van der Waals surface area contributed by atoms with Crippen LogP contribution < -0.4 is 5.73 Å². The maximum atomic E-state index is 6.00. The van der Waals surface area contributed by atoms with Gasteiger partial charge in [-0.25, -0.2) is 0 Å². The van der Waals surface area contributed by atoms with E-state index in [1.807, 2.05) is 6.07 Å². The molecule has 0 spiro atoms. The first-order valence-electron chi connectivity index (χ1n) is 5.91. The van der Waals surface area contributed by atoms with Crippen LogP contribution in [-0.4, -0.2) is 18.2 Å². The van der Waals surface area contributed by atoms with Crippen molar-refractivity contribution in [2.75, 3.05) is 6.61 Å². The minimum Gasteiger partial charge on any atom is -0.374 e. The summed E-state index contributed by atoms with van der Waals surface area (Å²) in [5.41, 5.74) is 7.25. The van der Waals surface area contributed by atoms with Gasteiger partial charge in [0.25, 0.3) is 0 Å². The van der Waals surface area contributed by atoms with Crippen molar-refractivity contribution in [1.82, 2.24) is 0 Å². The molecule has 0 fully saturated rings. The highest BCUT2D eigenvalue weighted by atomic mass is 16.5. The molecule has 0 aliphatic heterocycles. The summed E-state index contributed by atoms with van der Waals surface area (Å²) in [4.78, 5) is 0. The lowest BCUT2D eigenvalue weighted by atomic mass is 10.1. The normalized spacial score (nSPS) is 13.8. The van der Waals surface area contributed by atoms with Crippen molar-refractivity contribution in [3.05, 3.63) is 35.9 Å². The van der Waals surface area contributed by atoms with Gasteiger partial charge in [-0.15, -0.1) is 0 Å². The number of rotatable bonds is 5. The first-order chi connectivity index (χ1) is 7.47. The fourth-order valence-corrected chi connectivity index (χ4v) is 1.44. The maximum Gasteiger partial charge on any atom is 0.0624 e. The minimum absolute atomic E-state index is 0.0929. The second kappa shape index (κ2) is 6.02. The molecule has 0 aliphatic carbocycles. The Morgan fingerprint density at radius 2 is 1.81 bits per heavy atom. The minimum atomic E-state index is -0.0929. The molecule has 1 aromatic carbocycles. The van der Waals surface area contributed by atoms with Crippen LogP contribution in [0.15, 0.2) is 30.3 Å². The molecular formula is C14H23NO. The molecule has 2 nitrogen and oxygen atoms in total. The molecule has 0 bridgehead atoms. The average molecular weight is 221 g/mol. The molecule has 1 rings (SSSR count). The number of hydrogen-bond acceptors (Lipinski definition) is 2. The van der Waals surface area contributed by atoms with Gasteiger partial charge in [0.15, 0.2) is 0 Å². The highest BCUT2D eigenvalue weighted by Crippen LogP contribution is 2.09. The summed E-state index contributed by atoms with van der Waals surface area (Å²) in [5.74, 6) is 0. The van der Waals surface area contributed by atoms with Crippen LogP contribution in [0.4, 0.5) is 0 Å². The van der Waals surface area contributed by atoms with Crippen molar-refractivity contribution >= 4 is 0 Å². The lowest BCUT2D eigenvalue weighted by molar-refractivity contribution is -0.0107. The van der Waals surface area contributed by atoms with E-state index in [0.717, 1.165) is 12.8 Å². The van der Waals surface area contributed by atoms with Crippen LogP contribution in [0.5, 0.6) is 0 Å². The van der Waals surface area contributed by atoms with Gasteiger partial charge in [-0.1, -0.05) is 30.3 Å². The first-order valence-corrected chi connectivity index (χ1v) is 5.91. The third-order valence-corrected chi connectivity index (χ3v) is 2.38. The number of aryl methyl sites for hydroxylation is 1. The van der Waals surface area contributed by atoms with E-state index in [-0.39, 0.29) is 11.6 Å². The van der Waals surface area contributed by atoms with Crippen molar-refractivity contribution in [2.24, 2.45) is 5.73 Å². The van der Waals surface area contributed by atoms with E-state index in [0.29, 0.717) is 6.61 Å². The molecule has 2 N–H and O–H groups in total. The van der Waals surface area contributed by atoms with Crippen molar-refractivity contribution in [3.63, 3.8) is 0 Å². The highest BCUT2D eigenvalue weighted by Gasteiger charge is 2.12. The summed E-state index contributed by atoms with van der Waals surface area (Å²) in [6, 6.07) is 10.6. The van der Waals surface area contributed by atoms with Crippen LogP contribution in [-0.2, 0) is 11.2 Å². The van der Waals surface area contributed by atoms with Gasteiger partial charge in [0.05, 0.1) is 12.2 Å². The molecule has 0 aromatic heterocycles. The SMILES string of the molecule is CC(C)(C)OCC(N)CCc1ccccc1. The second-order valence-corrected chi connectivity index (χ2v) is 5.21. The zero-order chi connectivity index (χ0) is 12.0. The molecule has 1 atom stereocenters. The van der Waals surface area contributed by atoms with E-state index in [4.69, 9.17) is 10.5 Å². The number of ether oxygens (including phenoxy) is 1. The Balaban J connectivity index is 2.23. The molecule has 1 unspecified atom stereocenters. The van der Waals surface area contributed by atoms with Gasteiger partial charge in [0.1, 0.15) is 0 Å². The van der Waals surface area contributed by atoms with Crippen molar-refractivity contribution < 1.29 is 4.74 Å². The van der Waals surface area contributed by atoms with Gasteiger partial charge >= 0.3 is 0 Å². The number of nitrogens with two attached hydrogens (primary N) is 1. The molecule has 2 heteroatoms. The Kier molecular flexibility index (Phi) is 4.97. The topological polar surface area (TPSA) is 35.2 Å². The molecular weight excluding hydrogens is 198 g/mol. The molecule has 0 radical (unpaired) electrons. The third kappa shape index (κ3) is 5.89. The lowest BCUT2D eigenvalue weighted by Gasteiger charge is -2.22. The summed E-state index contributed by atoms with van der Waals surface area (Å²) in [5, 5.41) is 0. The zero-order valence-corrected chi connectivity index (χ0v) is 10.6. The summed E-state index contributed by atoms with van der Waals surface area (Å²) < 4.78 is 5.65. The average Bonchev–Trinajstić information content (AvgIpc) is 2.24.